The third-order valence-corrected chi connectivity index (χ3v) is 12.5. The molecule has 12 rings (SSSR count). The molecule has 0 unspecified atom stereocenters. The minimum Gasteiger partial charge on any atom is -0.309 e. The number of pyridine rings is 1. The van der Waals surface area contributed by atoms with Gasteiger partial charge in [0, 0.05) is 40.6 Å². The summed E-state index contributed by atoms with van der Waals surface area (Å²) in [6.45, 7) is 0. The van der Waals surface area contributed by atoms with Crippen molar-refractivity contribution in [2.24, 2.45) is 0 Å². The smallest absolute Gasteiger partial charge is 0.178 e. The zero-order valence-corrected chi connectivity index (χ0v) is 32.6. The van der Waals surface area contributed by atoms with E-state index in [-0.39, 0.29) is 0 Å². The minimum atomic E-state index is -0.557. The number of rotatable bonds is 6. The molecule has 8 aromatic carbocycles. The highest BCUT2D eigenvalue weighted by atomic mass is 15.0. The second-order valence-corrected chi connectivity index (χ2v) is 15.6. The summed E-state index contributed by atoms with van der Waals surface area (Å²) in [7, 11) is 0. The van der Waals surface area contributed by atoms with Crippen LogP contribution in [0.1, 0.15) is 22.3 Å². The fourth-order valence-corrected chi connectivity index (χ4v) is 9.82. The summed E-state index contributed by atoms with van der Waals surface area (Å²) in [4.78, 5) is 13.5. The van der Waals surface area contributed by atoms with Gasteiger partial charge in [-0.05, 0) is 104 Å². The maximum Gasteiger partial charge on any atom is 0.178 e. The first-order valence-corrected chi connectivity index (χ1v) is 20.4. The first-order valence-electron chi connectivity index (χ1n) is 20.4. The molecule has 60 heavy (non-hydrogen) atoms. The lowest BCUT2D eigenvalue weighted by Gasteiger charge is -2.34. The molecule has 4 nitrogen and oxygen atoms in total. The van der Waals surface area contributed by atoms with E-state index in [1.54, 1.807) is 18.6 Å². The van der Waals surface area contributed by atoms with Crippen LogP contribution >= 0.6 is 0 Å². The van der Waals surface area contributed by atoms with Crippen molar-refractivity contribution in [2.75, 3.05) is 0 Å². The third kappa shape index (κ3) is 5.14. The van der Waals surface area contributed by atoms with Crippen LogP contribution in [-0.4, -0.2) is 19.5 Å². The minimum absolute atomic E-state index is 0.557. The van der Waals surface area contributed by atoms with Crippen molar-refractivity contribution in [1.82, 2.24) is 19.5 Å². The molecule has 280 valence electrons. The van der Waals surface area contributed by atoms with Gasteiger partial charge < -0.3 is 4.57 Å². The fourth-order valence-electron chi connectivity index (χ4n) is 9.82. The number of para-hydroxylation sites is 2. The van der Waals surface area contributed by atoms with E-state index in [9.17, 15) is 0 Å². The lowest BCUT2D eigenvalue weighted by molar-refractivity contribution is 0.769. The van der Waals surface area contributed by atoms with Gasteiger partial charge in [-0.15, -0.1) is 0 Å². The molecular formula is C56H36N4. The highest BCUT2D eigenvalue weighted by molar-refractivity contribution is 6.09. The number of hydrogen-bond donors (Lipinski definition) is 0. The Hall–Kier alpha value is -7.95. The Morgan fingerprint density at radius 2 is 0.867 bits per heavy atom. The molecule has 0 fully saturated rings. The third-order valence-electron chi connectivity index (χ3n) is 12.5. The van der Waals surface area contributed by atoms with Gasteiger partial charge in [0.25, 0.3) is 0 Å². The standard InChI is InChI=1S/C56H36N4/c1-3-13-42(14-4-1)56(43-15-5-2-6-16-43)50-35-40(37-22-24-38(25-23-37)45-30-31-58-55-54(45)57-32-33-59-55)26-28-46(50)47-29-27-41(36-51(47)56)39-12-11-17-44(34-39)60-52-20-9-7-18-48(52)49-19-8-10-21-53(49)60/h1-36H. The number of nitrogens with zero attached hydrogens (tertiary/aromatic N) is 4. The van der Waals surface area contributed by atoms with Crippen LogP contribution in [0, 0.1) is 0 Å². The topological polar surface area (TPSA) is 43.6 Å². The van der Waals surface area contributed by atoms with Crippen LogP contribution < -0.4 is 0 Å². The predicted octanol–water partition coefficient (Wildman–Crippen LogP) is 13.5. The molecule has 11 aromatic rings. The Labute approximate surface area is 347 Å². The Morgan fingerprint density at radius 3 is 1.52 bits per heavy atom. The summed E-state index contributed by atoms with van der Waals surface area (Å²) in [6, 6.07) is 73.5. The van der Waals surface area contributed by atoms with Crippen molar-refractivity contribution in [2.45, 2.75) is 5.41 Å². The van der Waals surface area contributed by atoms with Crippen molar-refractivity contribution in [3.8, 4) is 50.2 Å². The SMILES string of the molecule is c1ccc(C2(c3ccccc3)c3cc(-c4ccc(-c5ccnc6nccnc56)cc4)ccc3-c3ccc(-c4cccc(-n5c6ccccc6c6ccccc65)c4)cc32)cc1. The van der Waals surface area contributed by atoms with E-state index >= 15 is 0 Å². The average Bonchev–Trinajstić information content (AvgIpc) is 3.82. The largest absolute Gasteiger partial charge is 0.309 e. The van der Waals surface area contributed by atoms with Crippen molar-refractivity contribution >= 4 is 33.0 Å². The van der Waals surface area contributed by atoms with E-state index in [1.807, 2.05) is 6.07 Å². The molecule has 4 heteroatoms. The molecular weight excluding hydrogens is 729 g/mol. The lowest BCUT2D eigenvalue weighted by Crippen LogP contribution is -2.28. The van der Waals surface area contributed by atoms with Gasteiger partial charge in [0.2, 0.25) is 0 Å². The molecule has 0 N–H and O–H groups in total. The van der Waals surface area contributed by atoms with Gasteiger partial charge >= 0.3 is 0 Å². The van der Waals surface area contributed by atoms with Crippen LogP contribution in [0.25, 0.3) is 83.2 Å². The number of aromatic nitrogens is 4. The van der Waals surface area contributed by atoms with E-state index in [1.165, 1.54) is 71.9 Å². The van der Waals surface area contributed by atoms with Crippen molar-refractivity contribution < 1.29 is 0 Å². The first kappa shape index (κ1) is 34.1. The molecule has 0 amide bonds. The van der Waals surface area contributed by atoms with Crippen LogP contribution in [0.2, 0.25) is 0 Å². The van der Waals surface area contributed by atoms with Gasteiger partial charge in [-0.25, -0.2) is 9.97 Å². The highest BCUT2D eigenvalue weighted by Crippen LogP contribution is 2.57. The van der Waals surface area contributed by atoms with E-state index < -0.39 is 5.41 Å². The summed E-state index contributed by atoms with van der Waals surface area (Å²) < 4.78 is 2.40. The number of hydrogen-bond acceptors (Lipinski definition) is 3. The molecule has 0 aliphatic heterocycles. The normalized spacial score (nSPS) is 12.8. The van der Waals surface area contributed by atoms with Crippen molar-refractivity contribution in [1.29, 1.82) is 0 Å². The molecule has 1 aliphatic rings. The molecule has 3 heterocycles. The Bertz CT molecular complexity index is 3320. The summed E-state index contributed by atoms with van der Waals surface area (Å²) in [6.07, 6.45) is 5.22. The van der Waals surface area contributed by atoms with Gasteiger partial charge in [0.15, 0.2) is 5.65 Å². The average molecular weight is 765 g/mol. The van der Waals surface area contributed by atoms with E-state index in [0.29, 0.717) is 5.65 Å². The second-order valence-electron chi connectivity index (χ2n) is 15.6. The van der Waals surface area contributed by atoms with Gasteiger partial charge in [0.1, 0.15) is 5.52 Å². The van der Waals surface area contributed by atoms with E-state index in [4.69, 9.17) is 0 Å². The molecule has 0 radical (unpaired) electrons. The van der Waals surface area contributed by atoms with E-state index in [2.05, 4.69) is 214 Å². The number of fused-ring (bicyclic) bond motifs is 7. The molecule has 0 saturated carbocycles. The monoisotopic (exact) mass is 764 g/mol. The maximum atomic E-state index is 4.61. The van der Waals surface area contributed by atoms with E-state index in [0.717, 1.165) is 27.9 Å². The molecule has 0 saturated heterocycles. The maximum absolute atomic E-state index is 4.61. The van der Waals surface area contributed by atoms with Gasteiger partial charge in [-0.1, -0.05) is 158 Å². The summed E-state index contributed by atoms with van der Waals surface area (Å²) in [5.74, 6) is 0. The molecule has 0 bridgehead atoms. The van der Waals surface area contributed by atoms with Crippen LogP contribution in [0.4, 0.5) is 0 Å². The Kier molecular flexibility index (Phi) is 7.72. The van der Waals surface area contributed by atoms with Crippen LogP contribution in [0.15, 0.2) is 219 Å². The predicted molar refractivity (Wildman–Crippen MR) is 245 cm³/mol. The Morgan fingerprint density at radius 1 is 0.350 bits per heavy atom. The van der Waals surface area contributed by atoms with Crippen LogP contribution in [0.3, 0.4) is 0 Å². The zero-order valence-electron chi connectivity index (χ0n) is 32.6. The summed E-state index contributed by atoms with van der Waals surface area (Å²) in [5, 5.41) is 2.52. The Balaban J connectivity index is 1.03. The van der Waals surface area contributed by atoms with Crippen molar-refractivity contribution in [3.63, 3.8) is 0 Å². The molecule has 0 atom stereocenters. The molecule has 1 aliphatic carbocycles. The fraction of sp³-hybridized carbons (Fsp3) is 0.0179. The van der Waals surface area contributed by atoms with Gasteiger partial charge in [0.05, 0.1) is 16.4 Å². The van der Waals surface area contributed by atoms with Gasteiger partial charge in [-0.2, -0.15) is 0 Å². The molecule has 3 aromatic heterocycles. The summed E-state index contributed by atoms with van der Waals surface area (Å²) >= 11 is 0. The zero-order chi connectivity index (χ0) is 39.6. The van der Waals surface area contributed by atoms with Crippen LogP contribution in [0.5, 0.6) is 0 Å². The summed E-state index contributed by atoms with van der Waals surface area (Å²) in [5.41, 5.74) is 18.8. The van der Waals surface area contributed by atoms with Gasteiger partial charge in [-0.3, -0.25) is 4.98 Å². The van der Waals surface area contributed by atoms with Crippen LogP contribution in [-0.2, 0) is 5.41 Å². The highest BCUT2D eigenvalue weighted by Gasteiger charge is 2.46. The molecule has 0 spiro atoms. The van der Waals surface area contributed by atoms with Crippen molar-refractivity contribution in [3.05, 3.63) is 241 Å². The quantitative estimate of drug-likeness (QED) is 0.169. The number of benzene rings is 8. The first-order chi connectivity index (χ1) is 29.8. The lowest BCUT2D eigenvalue weighted by atomic mass is 9.67. The second kappa shape index (κ2) is 13.6.